The van der Waals surface area contributed by atoms with Gasteiger partial charge in [-0.05, 0) is 104 Å². The zero-order valence-electron chi connectivity index (χ0n) is 32.7. The summed E-state index contributed by atoms with van der Waals surface area (Å²) in [5.41, 5.74) is -1.69. The Morgan fingerprint density at radius 3 is 2.00 bits per heavy atom. The number of pyridine rings is 2. The molecule has 1 aliphatic carbocycles. The van der Waals surface area contributed by atoms with Gasteiger partial charge in [-0.15, -0.1) is 0 Å². The summed E-state index contributed by atoms with van der Waals surface area (Å²) in [7, 11) is 1.82. The number of carbonyl (C=O) groups excluding carboxylic acids is 4. The Kier molecular flexibility index (Phi) is 10.5. The van der Waals surface area contributed by atoms with E-state index < -0.39 is 40.9 Å². The van der Waals surface area contributed by atoms with Crippen LogP contribution in [0.15, 0.2) is 43.1 Å². The van der Waals surface area contributed by atoms with Crippen LogP contribution in [0.5, 0.6) is 0 Å². The second kappa shape index (κ2) is 14.3. The fourth-order valence-corrected chi connectivity index (χ4v) is 6.16. The quantitative estimate of drug-likeness (QED) is 0.183. The SMILES string of the molecule is Cc1c(-c2cc3cc(NC(=O)[C@H]4C(C)[C@@H]4c4cnn(C)c4)ncc3c(NC(=O)OC(C)(C)C)c2F)cncc1N(C(=O)OC(C)(C)C)C(=O)OC(C)(C)C. The zero-order chi connectivity index (χ0) is 40.1. The van der Waals surface area contributed by atoms with Gasteiger partial charge in [-0.1, -0.05) is 6.92 Å². The van der Waals surface area contributed by atoms with Crippen molar-refractivity contribution in [3.8, 4) is 11.1 Å². The topological polar surface area (TPSA) is 167 Å². The molecule has 4 amide bonds. The number of anilines is 3. The van der Waals surface area contributed by atoms with Gasteiger partial charge in [0, 0.05) is 54.0 Å². The Morgan fingerprint density at radius 1 is 0.833 bits per heavy atom. The van der Waals surface area contributed by atoms with Crippen LogP contribution in [0.4, 0.5) is 36.0 Å². The molecule has 15 heteroatoms. The molecule has 3 aromatic heterocycles. The number of fused-ring (bicyclic) bond motifs is 1. The van der Waals surface area contributed by atoms with Gasteiger partial charge in [-0.3, -0.25) is 19.8 Å². The van der Waals surface area contributed by atoms with Crippen molar-refractivity contribution in [1.29, 1.82) is 0 Å². The average molecular weight is 746 g/mol. The molecule has 1 unspecified atom stereocenters. The number of rotatable bonds is 6. The van der Waals surface area contributed by atoms with Crippen molar-refractivity contribution >= 4 is 52.2 Å². The number of halogens is 1. The molecule has 0 spiro atoms. The molecule has 2 N–H and O–H groups in total. The molecule has 1 saturated carbocycles. The number of hydrogen-bond acceptors (Lipinski definition) is 10. The highest BCUT2D eigenvalue weighted by molar-refractivity contribution is 6.11. The van der Waals surface area contributed by atoms with Crippen LogP contribution in [-0.2, 0) is 26.1 Å². The maximum atomic E-state index is 16.8. The van der Waals surface area contributed by atoms with Crippen LogP contribution in [0.25, 0.3) is 21.9 Å². The van der Waals surface area contributed by atoms with Crippen LogP contribution in [0.2, 0.25) is 0 Å². The van der Waals surface area contributed by atoms with Gasteiger partial charge in [-0.2, -0.15) is 10.00 Å². The van der Waals surface area contributed by atoms with E-state index in [9.17, 15) is 19.2 Å². The fraction of sp³-hybridized carbons (Fsp3) is 0.462. The molecule has 1 aliphatic rings. The number of nitrogens with zero attached hydrogens (tertiary/aromatic N) is 5. The molecular formula is C39H48FN7O7. The first-order valence-corrected chi connectivity index (χ1v) is 17.6. The molecule has 54 heavy (non-hydrogen) atoms. The first-order chi connectivity index (χ1) is 24.9. The Bertz CT molecular complexity index is 2100. The van der Waals surface area contributed by atoms with Gasteiger partial charge >= 0.3 is 18.3 Å². The van der Waals surface area contributed by atoms with Crippen LogP contribution in [0, 0.1) is 24.6 Å². The third-order valence-corrected chi connectivity index (χ3v) is 8.50. The second-order valence-corrected chi connectivity index (χ2v) is 16.5. The zero-order valence-corrected chi connectivity index (χ0v) is 32.7. The largest absolute Gasteiger partial charge is 0.444 e. The number of amides is 4. The third kappa shape index (κ3) is 8.95. The minimum atomic E-state index is -1.02. The Morgan fingerprint density at radius 2 is 1.44 bits per heavy atom. The number of benzene rings is 1. The van der Waals surface area contributed by atoms with Gasteiger partial charge in [-0.25, -0.2) is 23.8 Å². The van der Waals surface area contributed by atoms with Crippen molar-refractivity contribution in [1.82, 2.24) is 19.7 Å². The summed E-state index contributed by atoms with van der Waals surface area (Å²) in [4.78, 5) is 62.9. The molecule has 3 heterocycles. The maximum absolute atomic E-state index is 16.8. The van der Waals surface area contributed by atoms with Gasteiger partial charge in [0.1, 0.15) is 22.6 Å². The van der Waals surface area contributed by atoms with E-state index in [0.717, 1.165) is 10.5 Å². The summed E-state index contributed by atoms with van der Waals surface area (Å²) in [5.74, 6) is -1.08. The Labute approximate surface area is 313 Å². The minimum Gasteiger partial charge on any atom is -0.444 e. The smallest absolute Gasteiger partial charge is 0.424 e. The van der Waals surface area contributed by atoms with Crippen molar-refractivity contribution in [2.75, 3.05) is 15.5 Å². The summed E-state index contributed by atoms with van der Waals surface area (Å²) < 4.78 is 35.1. The van der Waals surface area contributed by atoms with E-state index in [-0.39, 0.29) is 62.9 Å². The van der Waals surface area contributed by atoms with Crippen molar-refractivity contribution in [3.63, 3.8) is 0 Å². The number of aryl methyl sites for hydroxylation is 1. The van der Waals surface area contributed by atoms with E-state index in [2.05, 4.69) is 25.7 Å². The molecule has 14 nitrogen and oxygen atoms in total. The lowest BCUT2D eigenvalue weighted by Gasteiger charge is -2.29. The van der Waals surface area contributed by atoms with Gasteiger partial charge in [0.15, 0.2) is 5.82 Å². The number of imide groups is 1. The molecule has 1 aromatic carbocycles. The van der Waals surface area contributed by atoms with Gasteiger partial charge < -0.3 is 19.5 Å². The molecular weight excluding hydrogens is 697 g/mol. The molecule has 4 aromatic rings. The van der Waals surface area contributed by atoms with Crippen molar-refractivity contribution < 1.29 is 37.8 Å². The summed E-state index contributed by atoms with van der Waals surface area (Å²) >= 11 is 0. The first-order valence-electron chi connectivity index (χ1n) is 17.6. The standard InChI is InChI=1S/C39H48FN7O7/c1-20-25(16-41-18-27(20)47(35(50)53-38(6,7)8)36(51)54-39(9,10)11)24-13-22-14-28(44-33(48)30-21(2)29(30)23-15-43-46(12)19-23)42-17-26(22)32(31(24)40)45-34(49)52-37(3,4)5/h13-19,21,29-30H,1-12H3,(H,45,49)(H,42,44,48)/t21?,29-,30+/m1/s1. The summed E-state index contributed by atoms with van der Waals surface area (Å²) in [6.07, 6.45) is 4.70. The van der Waals surface area contributed by atoms with Crippen molar-refractivity contribution in [2.45, 2.75) is 98.9 Å². The predicted octanol–water partition coefficient (Wildman–Crippen LogP) is 8.49. The summed E-state index contributed by atoms with van der Waals surface area (Å²) in [6, 6.07) is 3.09. The predicted molar refractivity (Wildman–Crippen MR) is 202 cm³/mol. The number of aromatic nitrogens is 4. The molecule has 0 bridgehead atoms. The van der Waals surface area contributed by atoms with Crippen LogP contribution < -0.4 is 15.5 Å². The van der Waals surface area contributed by atoms with Crippen LogP contribution >= 0.6 is 0 Å². The van der Waals surface area contributed by atoms with Crippen LogP contribution in [-0.4, -0.2) is 60.7 Å². The number of nitrogens with one attached hydrogen (secondary N) is 2. The number of carbonyl (C=O) groups is 4. The molecule has 0 aliphatic heterocycles. The molecule has 288 valence electrons. The third-order valence-electron chi connectivity index (χ3n) is 8.50. The molecule has 0 radical (unpaired) electrons. The number of ether oxygens (including phenoxy) is 3. The average Bonchev–Trinajstić information content (AvgIpc) is 3.50. The van der Waals surface area contributed by atoms with Crippen molar-refractivity contribution in [3.05, 3.63) is 60.1 Å². The molecule has 1 fully saturated rings. The summed E-state index contributed by atoms with van der Waals surface area (Å²) in [5, 5.41) is 10.3. The highest BCUT2D eigenvalue weighted by Gasteiger charge is 2.53. The second-order valence-electron chi connectivity index (χ2n) is 16.5. The normalized spacial score (nSPS) is 17.1. The lowest BCUT2D eigenvalue weighted by molar-refractivity contribution is -0.117. The van der Waals surface area contributed by atoms with E-state index in [1.807, 2.05) is 20.2 Å². The first kappa shape index (κ1) is 39.6. The lowest BCUT2D eigenvalue weighted by Crippen LogP contribution is -2.44. The van der Waals surface area contributed by atoms with E-state index in [0.29, 0.717) is 5.39 Å². The Hall–Kier alpha value is -5.60. The van der Waals surface area contributed by atoms with E-state index in [4.69, 9.17) is 14.2 Å². The van der Waals surface area contributed by atoms with Gasteiger partial charge in [0.05, 0.1) is 23.8 Å². The highest BCUT2D eigenvalue weighted by Crippen LogP contribution is 2.54. The molecule has 5 rings (SSSR count). The van der Waals surface area contributed by atoms with Gasteiger partial charge in [0.2, 0.25) is 5.91 Å². The Balaban J connectivity index is 1.60. The van der Waals surface area contributed by atoms with E-state index in [1.165, 1.54) is 24.7 Å². The highest BCUT2D eigenvalue weighted by atomic mass is 19.1. The monoisotopic (exact) mass is 745 g/mol. The molecule has 3 atom stereocenters. The van der Waals surface area contributed by atoms with Gasteiger partial charge in [0.25, 0.3) is 0 Å². The van der Waals surface area contributed by atoms with Crippen LogP contribution in [0.1, 0.15) is 86.3 Å². The minimum absolute atomic E-state index is 0.00756. The number of hydrogen-bond donors (Lipinski definition) is 2. The van der Waals surface area contributed by atoms with E-state index >= 15 is 4.39 Å². The summed E-state index contributed by atoms with van der Waals surface area (Å²) in [6.45, 7) is 18.5. The maximum Gasteiger partial charge on any atom is 0.424 e. The fourth-order valence-electron chi connectivity index (χ4n) is 6.16. The van der Waals surface area contributed by atoms with E-state index in [1.54, 1.807) is 86.2 Å². The van der Waals surface area contributed by atoms with Crippen molar-refractivity contribution in [2.24, 2.45) is 18.9 Å². The van der Waals surface area contributed by atoms with Crippen LogP contribution in [0.3, 0.4) is 0 Å². The molecule has 0 saturated heterocycles. The lowest BCUT2D eigenvalue weighted by atomic mass is 9.97.